The van der Waals surface area contributed by atoms with E-state index in [0.717, 1.165) is 30.4 Å². The zero-order chi connectivity index (χ0) is 13.6. The molecule has 1 aliphatic rings. The van der Waals surface area contributed by atoms with Gasteiger partial charge in [-0.2, -0.15) is 0 Å². The van der Waals surface area contributed by atoms with Crippen LogP contribution >= 0.6 is 0 Å². The number of fused-ring (bicyclic) bond motifs is 2. The van der Waals surface area contributed by atoms with Crippen LogP contribution < -0.4 is 4.74 Å². The van der Waals surface area contributed by atoms with Gasteiger partial charge >= 0.3 is 0 Å². The number of phenolic OH excluding ortho intramolecular Hbond substituents is 2. The predicted octanol–water partition coefficient (Wildman–Crippen LogP) is 3.38. The van der Waals surface area contributed by atoms with Gasteiger partial charge in [-0.25, -0.2) is 0 Å². The summed E-state index contributed by atoms with van der Waals surface area (Å²) in [6, 6.07) is 5.46. The summed E-state index contributed by atoms with van der Waals surface area (Å²) >= 11 is 0. The molecule has 0 heterocycles. The first-order valence-corrected chi connectivity index (χ1v) is 6.65. The minimum Gasteiger partial charge on any atom is -0.507 e. The maximum absolute atomic E-state index is 10.5. The molecular weight excluding hydrogens is 240 g/mol. The molecule has 2 aromatic carbocycles. The number of ether oxygens (including phenoxy) is 1. The Balaban J connectivity index is 2.39. The predicted molar refractivity (Wildman–Crippen MR) is 75.0 cm³/mol. The van der Waals surface area contributed by atoms with Crippen molar-refractivity contribution in [1.82, 2.24) is 0 Å². The summed E-state index contributed by atoms with van der Waals surface area (Å²) in [5.74, 6) is 1.72. The molecule has 2 N–H and O–H groups in total. The van der Waals surface area contributed by atoms with Gasteiger partial charge in [-0.3, -0.25) is 0 Å². The molecule has 0 saturated carbocycles. The fourth-order valence-corrected chi connectivity index (χ4v) is 3.07. The molecule has 1 atom stereocenters. The van der Waals surface area contributed by atoms with Crippen molar-refractivity contribution in [1.29, 1.82) is 0 Å². The first-order valence-electron chi connectivity index (χ1n) is 6.65. The van der Waals surface area contributed by atoms with Gasteiger partial charge in [0.2, 0.25) is 0 Å². The van der Waals surface area contributed by atoms with E-state index in [1.54, 1.807) is 13.2 Å². The monoisotopic (exact) mass is 258 g/mol. The Morgan fingerprint density at radius 3 is 2.68 bits per heavy atom. The highest BCUT2D eigenvalue weighted by atomic mass is 16.5. The van der Waals surface area contributed by atoms with E-state index in [4.69, 9.17) is 4.74 Å². The topological polar surface area (TPSA) is 49.7 Å². The lowest BCUT2D eigenvalue weighted by Gasteiger charge is -2.25. The minimum atomic E-state index is 0.271. The van der Waals surface area contributed by atoms with Gasteiger partial charge in [0.15, 0.2) is 0 Å². The van der Waals surface area contributed by atoms with Crippen molar-refractivity contribution in [3.63, 3.8) is 0 Å². The highest BCUT2D eigenvalue weighted by Gasteiger charge is 2.25. The van der Waals surface area contributed by atoms with Gasteiger partial charge in [-0.05, 0) is 31.2 Å². The molecule has 3 heteroatoms. The lowest BCUT2D eigenvalue weighted by atomic mass is 9.82. The van der Waals surface area contributed by atoms with E-state index in [-0.39, 0.29) is 5.75 Å². The number of benzene rings is 2. The highest BCUT2D eigenvalue weighted by Crippen LogP contribution is 2.46. The lowest BCUT2D eigenvalue weighted by Crippen LogP contribution is -2.12. The van der Waals surface area contributed by atoms with E-state index < -0.39 is 0 Å². The minimum absolute atomic E-state index is 0.271. The van der Waals surface area contributed by atoms with Crippen LogP contribution in [0, 0.1) is 5.92 Å². The average Bonchev–Trinajstić information content (AvgIpc) is 2.43. The number of phenols is 2. The zero-order valence-electron chi connectivity index (χ0n) is 11.2. The van der Waals surface area contributed by atoms with Crippen LogP contribution in [-0.2, 0) is 12.8 Å². The molecule has 0 radical (unpaired) electrons. The smallest absolute Gasteiger partial charge is 0.130 e. The first kappa shape index (κ1) is 12.2. The van der Waals surface area contributed by atoms with Gasteiger partial charge in [0, 0.05) is 16.5 Å². The second kappa shape index (κ2) is 4.34. The van der Waals surface area contributed by atoms with Crippen LogP contribution in [0.15, 0.2) is 18.2 Å². The standard InChI is InChI=1S/C16H18O3/c1-9-6-7-10-12(8-9)15(17)11-4-3-5-13(19-2)14(11)16(10)18/h3-5,9,17-18H,6-8H2,1-2H3. The van der Waals surface area contributed by atoms with Crippen LogP contribution in [0.3, 0.4) is 0 Å². The summed E-state index contributed by atoms with van der Waals surface area (Å²) in [6.45, 7) is 2.18. The maximum Gasteiger partial charge on any atom is 0.130 e. The molecule has 19 heavy (non-hydrogen) atoms. The number of hydrogen-bond acceptors (Lipinski definition) is 3. The van der Waals surface area contributed by atoms with Crippen LogP contribution in [0.4, 0.5) is 0 Å². The average molecular weight is 258 g/mol. The third-order valence-electron chi connectivity index (χ3n) is 4.11. The van der Waals surface area contributed by atoms with Crippen LogP contribution in [-0.4, -0.2) is 17.3 Å². The quantitative estimate of drug-likeness (QED) is 0.771. The molecule has 3 nitrogen and oxygen atoms in total. The molecule has 0 fully saturated rings. The molecule has 1 unspecified atom stereocenters. The number of methoxy groups -OCH3 is 1. The summed E-state index contributed by atoms with van der Waals surface area (Å²) in [7, 11) is 1.58. The molecule has 100 valence electrons. The Morgan fingerprint density at radius 2 is 1.95 bits per heavy atom. The van der Waals surface area contributed by atoms with Crippen molar-refractivity contribution in [2.75, 3.05) is 7.11 Å². The Labute approximate surface area is 112 Å². The van der Waals surface area contributed by atoms with Crippen LogP contribution in [0.5, 0.6) is 17.2 Å². The number of rotatable bonds is 1. The SMILES string of the molecule is COc1cccc2c(O)c3c(c(O)c12)CCC(C)C3. The molecule has 0 bridgehead atoms. The van der Waals surface area contributed by atoms with Gasteiger partial charge < -0.3 is 14.9 Å². The lowest BCUT2D eigenvalue weighted by molar-refractivity contribution is 0.408. The van der Waals surface area contributed by atoms with Crippen LogP contribution in [0.1, 0.15) is 24.5 Å². The molecule has 3 rings (SSSR count). The largest absolute Gasteiger partial charge is 0.507 e. The summed E-state index contributed by atoms with van der Waals surface area (Å²) in [5, 5.41) is 22.3. The van der Waals surface area contributed by atoms with Gasteiger partial charge in [-0.15, -0.1) is 0 Å². The fourth-order valence-electron chi connectivity index (χ4n) is 3.07. The van der Waals surface area contributed by atoms with E-state index in [0.29, 0.717) is 28.2 Å². The van der Waals surface area contributed by atoms with E-state index in [1.807, 2.05) is 12.1 Å². The zero-order valence-corrected chi connectivity index (χ0v) is 11.2. The van der Waals surface area contributed by atoms with Crippen molar-refractivity contribution < 1.29 is 14.9 Å². The van der Waals surface area contributed by atoms with Crippen LogP contribution in [0.2, 0.25) is 0 Å². The molecule has 0 aliphatic heterocycles. The van der Waals surface area contributed by atoms with Crippen molar-refractivity contribution in [2.45, 2.75) is 26.2 Å². The first-order chi connectivity index (χ1) is 9.13. The summed E-state index contributed by atoms with van der Waals surface area (Å²) < 4.78 is 5.30. The summed E-state index contributed by atoms with van der Waals surface area (Å²) in [4.78, 5) is 0. The van der Waals surface area contributed by atoms with Crippen molar-refractivity contribution in [3.8, 4) is 17.2 Å². The molecule has 0 amide bonds. The van der Waals surface area contributed by atoms with Crippen LogP contribution in [0.25, 0.3) is 10.8 Å². The third kappa shape index (κ3) is 1.72. The van der Waals surface area contributed by atoms with Crippen molar-refractivity contribution in [2.24, 2.45) is 5.92 Å². The van der Waals surface area contributed by atoms with E-state index in [1.165, 1.54) is 0 Å². The van der Waals surface area contributed by atoms with Gasteiger partial charge in [0.05, 0.1) is 12.5 Å². The van der Waals surface area contributed by atoms with Crippen molar-refractivity contribution >= 4 is 10.8 Å². The fraction of sp³-hybridized carbons (Fsp3) is 0.375. The number of hydrogen-bond donors (Lipinski definition) is 2. The van der Waals surface area contributed by atoms with Gasteiger partial charge in [0.25, 0.3) is 0 Å². The molecule has 0 saturated heterocycles. The van der Waals surface area contributed by atoms with E-state index in [9.17, 15) is 10.2 Å². The Morgan fingerprint density at radius 1 is 1.16 bits per heavy atom. The van der Waals surface area contributed by atoms with E-state index in [2.05, 4.69) is 6.92 Å². The normalized spacial score (nSPS) is 18.3. The maximum atomic E-state index is 10.5. The summed E-state index contributed by atoms with van der Waals surface area (Å²) in [6.07, 6.45) is 2.67. The molecule has 2 aromatic rings. The van der Waals surface area contributed by atoms with Crippen molar-refractivity contribution in [3.05, 3.63) is 29.3 Å². The molecule has 0 aromatic heterocycles. The highest BCUT2D eigenvalue weighted by molar-refractivity contribution is 5.99. The Bertz CT molecular complexity index is 646. The van der Waals surface area contributed by atoms with Gasteiger partial charge in [-0.1, -0.05) is 19.1 Å². The van der Waals surface area contributed by atoms with Gasteiger partial charge in [0.1, 0.15) is 17.2 Å². The number of aromatic hydroxyl groups is 2. The Hall–Kier alpha value is -1.90. The van der Waals surface area contributed by atoms with E-state index >= 15 is 0 Å². The molecule has 1 aliphatic carbocycles. The molecule has 0 spiro atoms. The summed E-state index contributed by atoms with van der Waals surface area (Å²) in [5.41, 5.74) is 1.78. The Kier molecular flexibility index (Phi) is 2.77. The third-order valence-corrected chi connectivity index (χ3v) is 4.11. The second-order valence-electron chi connectivity index (χ2n) is 5.39. The molecular formula is C16H18O3. The second-order valence-corrected chi connectivity index (χ2v) is 5.39.